The molecule has 180 valence electrons. The van der Waals surface area contributed by atoms with Crippen LogP contribution in [-0.2, 0) is 14.6 Å². The van der Waals surface area contributed by atoms with Gasteiger partial charge in [0.25, 0.3) is 5.91 Å². The second-order valence-corrected chi connectivity index (χ2v) is 10.7. The number of benzene rings is 2. The lowest BCUT2D eigenvalue weighted by Gasteiger charge is -2.20. The van der Waals surface area contributed by atoms with Gasteiger partial charge in [0.2, 0.25) is 19.4 Å². The third kappa shape index (κ3) is 5.17. The number of ether oxygens (including phenoxy) is 2. The highest BCUT2D eigenvalue weighted by Gasteiger charge is 2.38. The van der Waals surface area contributed by atoms with Gasteiger partial charge in [-0.25, -0.2) is 13.2 Å². The first-order valence-corrected chi connectivity index (χ1v) is 13.0. The summed E-state index contributed by atoms with van der Waals surface area (Å²) in [5.74, 6) is -1.08. The highest BCUT2D eigenvalue weighted by Crippen LogP contribution is 2.33. The van der Waals surface area contributed by atoms with Crippen LogP contribution in [0.5, 0.6) is 11.5 Å². The van der Waals surface area contributed by atoms with E-state index >= 15 is 0 Å². The molecule has 12 heteroatoms. The van der Waals surface area contributed by atoms with Crippen molar-refractivity contribution in [3.05, 3.63) is 64.7 Å². The van der Waals surface area contributed by atoms with Gasteiger partial charge in [-0.15, -0.1) is 5.10 Å². The van der Waals surface area contributed by atoms with Gasteiger partial charge in [-0.3, -0.25) is 10.2 Å². The van der Waals surface area contributed by atoms with Crippen LogP contribution in [0.15, 0.2) is 58.1 Å². The number of amides is 1. The molecule has 0 aromatic heterocycles. The number of aryl methyl sites for hydroxylation is 1. The number of sulfone groups is 1. The van der Waals surface area contributed by atoms with Crippen molar-refractivity contribution in [2.24, 2.45) is 10.1 Å². The number of hydrogen-bond acceptors (Lipinski definition) is 9. The Hall–Kier alpha value is -3.77. The number of aliphatic imine (C=N–C) groups is 1. The third-order valence-electron chi connectivity index (χ3n) is 4.79. The zero-order valence-electron chi connectivity index (χ0n) is 18.9. The molecule has 4 rings (SSSR count). The maximum Gasteiger partial charge on any atom is 0.343 e. The summed E-state index contributed by atoms with van der Waals surface area (Å²) in [5.41, 5.74) is 1.71. The zero-order chi connectivity index (χ0) is 25.3. The molecule has 2 aliphatic rings. The van der Waals surface area contributed by atoms with Crippen LogP contribution < -0.4 is 9.47 Å². The van der Waals surface area contributed by atoms with Crippen molar-refractivity contribution in [3.63, 3.8) is 0 Å². The van der Waals surface area contributed by atoms with Crippen LogP contribution in [-0.4, -0.2) is 53.5 Å². The molecule has 1 N–H and O–H groups in total. The smallest absolute Gasteiger partial charge is 0.343 e. The number of carbonyl (C=O) groups is 2. The number of esters is 1. The molecule has 2 aliphatic heterocycles. The molecule has 0 aliphatic carbocycles. The van der Waals surface area contributed by atoms with Crippen LogP contribution in [0.2, 0.25) is 0 Å². The number of nitrogens with zero attached hydrogens (tertiary/aromatic N) is 3. The molecule has 1 amide bonds. The second kappa shape index (κ2) is 9.47. The molecular weight excluding hydrogens is 492 g/mol. The molecular formula is C23H20N4O6S2. The third-order valence-corrected chi connectivity index (χ3v) is 7.37. The van der Waals surface area contributed by atoms with E-state index in [0.29, 0.717) is 29.5 Å². The van der Waals surface area contributed by atoms with Gasteiger partial charge in [0.05, 0.1) is 17.7 Å². The minimum Gasteiger partial charge on any atom is -0.490 e. The van der Waals surface area contributed by atoms with Crippen LogP contribution in [0.1, 0.15) is 28.4 Å². The molecule has 2 aromatic rings. The molecule has 0 bridgehead atoms. The van der Waals surface area contributed by atoms with E-state index in [1.54, 1.807) is 37.3 Å². The first-order chi connectivity index (χ1) is 16.6. The van der Waals surface area contributed by atoms with Crippen molar-refractivity contribution >= 4 is 54.9 Å². The lowest BCUT2D eigenvalue weighted by molar-refractivity contribution is -0.114. The van der Waals surface area contributed by atoms with E-state index in [4.69, 9.17) is 14.9 Å². The summed E-state index contributed by atoms with van der Waals surface area (Å²) >= 11 is 0.714. The van der Waals surface area contributed by atoms with E-state index in [0.717, 1.165) is 16.8 Å². The normalized spacial score (nSPS) is 16.7. The molecule has 0 atom stereocenters. The topological polar surface area (TPSA) is 139 Å². The number of hydrogen-bond donors (Lipinski definition) is 1. The maximum absolute atomic E-state index is 12.6. The fraction of sp³-hybridized carbons (Fsp3) is 0.174. The van der Waals surface area contributed by atoms with Crippen molar-refractivity contribution < 1.29 is 27.5 Å². The van der Waals surface area contributed by atoms with Gasteiger partial charge in [0, 0.05) is 6.26 Å². The van der Waals surface area contributed by atoms with Gasteiger partial charge in [0.1, 0.15) is 0 Å². The van der Waals surface area contributed by atoms with Gasteiger partial charge >= 0.3 is 5.97 Å². The van der Waals surface area contributed by atoms with Gasteiger partial charge in [-0.2, -0.15) is 10.0 Å². The van der Waals surface area contributed by atoms with Crippen molar-refractivity contribution in [1.29, 1.82) is 5.41 Å². The van der Waals surface area contributed by atoms with E-state index in [1.807, 2.05) is 13.0 Å². The van der Waals surface area contributed by atoms with Gasteiger partial charge in [-0.05, 0) is 61.5 Å². The molecule has 0 saturated heterocycles. The van der Waals surface area contributed by atoms with Crippen LogP contribution in [0.3, 0.4) is 0 Å². The fourth-order valence-corrected chi connectivity index (χ4v) is 4.87. The van der Waals surface area contributed by atoms with Crippen LogP contribution >= 0.6 is 11.8 Å². The van der Waals surface area contributed by atoms with Crippen molar-refractivity contribution in [2.75, 3.05) is 12.9 Å². The van der Waals surface area contributed by atoms with E-state index in [-0.39, 0.29) is 32.5 Å². The molecule has 35 heavy (non-hydrogen) atoms. The van der Waals surface area contributed by atoms with E-state index < -0.39 is 21.7 Å². The first-order valence-electron chi connectivity index (χ1n) is 10.3. The van der Waals surface area contributed by atoms with Crippen molar-refractivity contribution in [3.8, 4) is 11.5 Å². The predicted octanol–water partition coefficient (Wildman–Crippen LogP) is 3.23. The summed E-state index contributed by atoms with van der Waals surface area (Å²) in [4.78, 5) is 29.0. The van der Waals surface area contributed by atoms with Gasteiger partial charge in [-0.1, -0.05) is 23.8 Å². The average Bonchev–Trinajstić information content (AvgIpc) is 3.23. The maximum atomic E-state index is 12.6. The molecule has 0 radical (unpaired) electrons. The Balaban J connectivity index is 1.63. The second-order valence-electron chi connectivity index (χ2n) is 7.56. The average molecular weight is 513 g/mol. The van der Waals surface area contributed by atoms with Gasteiger partial charge < -0.3 is 9.47 Å². The standard InChI is InChI=1S/C23H20N4O6S2/c1-4-32-18-12-14(8-9-17(18)33-21(29)15-7-5-6-13(2)10-15)11-16-19(24)27-22(25-20(16)28)34-23(26-27)35(3,30)31/h5-12,24H,4H2,1-3H3/b16-11+,24-19?. The summed E-state index contributed by atoms with van der Waals surface area (Å²) in [5, 5.41) is 13.3. The quantitative estimate of drug-likeness (QED) is 0.366. The summed E-state index contributed by atoms with van der Waals surface area (Å²) < 4.78 is 34.5. The fourth-order valence-electron chi connectivity index (χ4n) is 3.19. The molecule has 0 spiro atoms. The van der Waals surface area contributed by atoms with E-state index in [9.17, 15) is 18.0 Å². The van der Waals surface area contributed by atoms with Crippen LogP contribution in [0, 0.1) is 12.3 Å². The number of fused-ring (bicyclic) bond motifs is 1. The summed E-state index contributed by atoms with van der Waals surface area (Å²) in [7, 11) is -3.62. The predicted molar refractivity (Wildman–Crippen MR) is 134 cm³/mol. The number of amidine groups is 2. The largest absolute Gasteiger partial charge is 0.490 e. The molecule has 2 aromatic carbocycles. The Labute approximate surface area is 205 Å². The Kier molecular flexibility index (Phi) is 6.59. The molecule has 0 unspecified atom stereocenters. The minimum atomic E-state index is -3.62. The number of carbonyl (C=O) groups excluding carboxylic acids is 2. The number of rotatable bonds is 5. The highest BCUT2D eigenvalue weighted by molar-refractivity contribution is 8.42. The molecule has 0 saturated carbocycles. The SMILES string of the molecule is CCOc1cc(/C=C2\C(=N)N3N=C(S(C)(=O)=O)SC3=NC2=O)ccc1OC(=O)c1cccc(C)c1. The van der Waals surface area contributed by atoms with Crippen LogP contribution in [0.4, 0.5) is 0 Å². The molecule has 2 heterocycles. The van der Waals surface area contributed by atoms with Gasteiger partial charge in [0.15, 0.2) is 17.3 Å². The highest BCUT2D eigenvalue weighted by atomic mass is 32.3. The first kappa shape index (κ1) is 24.4. The van der Waals surface area contributed by atoms with E-state index in [1.165, 1.54) is 12.1 Å². The number of nitrogens with one attached hydrogen (secondary N) is 1. The summed E-state index contributed by atoms with van der Waals surface area (Å²) in [6, 6.07) is 11.7. The Morgan fingerprint density at radius 1 is 1.20 bits per heavy atom. The number of hydrazone groups is 1. The Morgan fingerprint density at radius 3 is 2.66 bits per heavy atom. The lowest BCUT2D eigenvalue weighted by atomic mass is 10.1. The van der Waals surface area contributed by atoms with E-state index in [2.05, 4.69) is 10.1 Å². The Bertz CT molecular complexity index is 1460. The van der Waals surface area contributed by atoms with Crippen molar-refractivity contribution in [1.82, 2.24) is 5.01 Å². The lowest BCUT2D eigenvalue weighted by Crippen LogP contribution is -2.35. The summed E-state index contributed by atoms with van der Waals surface area (Å²) in [6.07, 6.45) is 2.40. The van der Waals surface area contributed by atoms with Crippen molar-refractivity contribution in [2.45, 2.75) is 13.8 Å². The zero-order valence-corrected chi connectivity index (χ0v) is 20.6. The molecule has 10 nitrogen and oxygen atoms in total. The van der Waals surface area contributed by atoms with Crippen LogP contribution in [0.25, 0.3) is 6.08 Å². The Morgan fingerprint density at radius 2 is 1.97 bits per heavy atom. The number of thioether (sulfide) groups is 1. The molecule has 0 fully saturated rings. The summed E-state index contributed by atoms with van der Waals surface area (Å²) in [6.45, 7) is 3.94. The monoisotopic (exact) mass is 512 g/mol. The minimum absolute atomic E-state index is 0.00555.